The molecule has 1 fully saturated rings. The van der Waals surface area contributed by atoms with E-state index in [4.69, 9.17) is 4.74 Å². The molecule has 0 spiro atoms. The number of halogens is 1. The van der Waals surface area contributed by atoms with E-state index in [0.29, 0.717) is 26.3 Å². The van der Waals surface area contributed by atoms with Crippen molar-refractivity contribution in [1.82, 2.24) is 4.31 Å². The molecule has 0 N–H and O–H groups in total. The highest BCUT2D eigenvalue weighted by Crippen LogP contribution is 2.21. The fourth-order valence-electron chi connectivity index (χ4n) is 2.35. The first-order chi connectivity index (χ1) is 9.54. The van der Waals surface area contributed by atoms with Crippen molar-refractivity contribution >= 4 is 10.0 Å². The fraction of sp³-hybridized carbons (Fsp3) is 0.571. The molecule has 1 aliphatic heterocycles. The lowest BCUT2D eigenvalue weighted by Crippen LogP contribution is -2.36. The summed E-state index contributed by atoms with van der Waals surface area (Å²) in [7, 11) is -3.64. The molecule has 0 aromatic heterocycles. The average molecular weight is 301 g/mol. The van der Waals surface area contributed by atoms with Crippen LogP contribution in [0, 0.1) is 11.7 Å². The molecule has 1 atom stereocenters. The number of rotatable bonds is 6. The molecule has 1 unspecified atom stereocenters. The van der Waals surface area contributed by atoms with Crippen LogP contribution in [-0.4, -0.2) is 39.0 Å². The highest BCUT2D eigenvalue weighted by atomic mass is 32.2. The smallest absolute Gasteiger partial charge is 0.243 e. The maximum Gasteiger partial charge on any atom is 0.243 e. The molecule has 4 nitrogen and oxygen atoms in total. The molecule has 0 saturated carbocycles. The van der Waals surface area contributed by atoms with Gasteiger partial charge in [0.2, 0.25) is 10.0 Å². The Balaban J connectivity index is 2.21. The van der Waals surface area contributed by atoms with E-state index in [1.54, 1.807) is 0 Å². The van der Waals surface area contributed by atoms with Crippen LogP contribution in [0.15, 0.2) is 29.2 Å². The molecule has 0 bridgehead atoms. The summed E-state index contributed by atoms with van der Waals surface area (Å²) in [4.78, 5) is 0.0184. The van der Waals surface area contributed by atoms with Crippen LogP contribution in [0.5, 0.6) is 0 Å². The van der Waals surface area contributed by atoms with E-state index in [9.17, 15) is 12.8 Å². The first kappa shape index (κ1) is 15.4. The zero-order valence-electron chi connectivity index (χ0n) is 11.6. The van der Waals surface area contributed by atoms with Crippen LogP contribution in [0.25, 0.3) is 0 Å². The highest BCUT2D eigenvalue weighted by Gasteiger charge is 2.28. The van der Waals surface area contributed by atoms with Crippen molar-refractivity contribution in [1.29, 1.82) is 0 Å². The molecule has 20 heavy (non-hydrogen) atoms. The Morgan fingerprint density at radius 2 is 2.25 bits per heavy atom. The van der Waals surface area contributed by atoms with Gasteiger partial charge >= 0.3 is 0 Å². The van der Waals surface area contributed by atoms with Crippen molar-refractivity contribution < 1.29 is 17.5 Å². The first-order valence-electron chi connectivity index (χ1n) is 6.87. The second kappa shape index (κ2) is 6.65. The molecule has 1 aromatic rings. The number of hydrogen-bond donors (Lipinski definition) is 0. The maximum atomic E-state index is 13.2. The van der Waals surface area contributed by atoms with Crippen molar-refractivity contribution in [2.24, 2.45) is 5.92 Å². The summed E-state index contributed by atoms with van der Waals surface area (Å²) < 4.78 is 45.1. The zero-order chi connectivity index (χ0) is 14.6. The average Bonchev–Trinajstić information content (AvgIpc) is 2.91. The molecule has 1 saturated heterocycles. The lowest BCUT2D eigenvalue weighted by molar-refractivity contribution is 0.180. The van der Waals surface area contributed by atoms with E-state index >= 15 is 0 Å². The summed E-state index contributed by atoms with van der Waals surface area (Å²) in [6.45, 7) is 4.09. The maximum absolute atomic E-state index is 13.2. The number of sulfonamides is 1. The van der Waals surface area contributed by atoms with E-state index < -0.39 is 15.8 Å². The van der Waals surface area contributed by atoms with Gasteiger partial charge in [-0.3, -0.25) is 0 Å². The van der Waals surface area contributed by atoms with Crippen molar-refractivity contribution in [3.63, 3.8) is 0 Å². The van der Waals surface area contributed by atoms with Crippen LogP contribution in [0.4, 0.5) is 4.39 Å². The molecule has 1 aromatic carbocycles. The predicted molar refractivity (Wildman–Crippen MR) is 74.4 cm³/mol. The van der Waals surface area contributed by atoms with Gasteiger partial charge in [0, 0.05) is 19.7 Å². The van der Waals surface area contributed by atoms with Gasteiger partial charge in [0.05, 0.1) is 11.5 Å². The Morgan fingerprint density at radius 1 is 1.45 bits per heavy atom. The van der Waals surface area contributed by atoms with Crippen LogP contribution in [0.3, 0.4) is 0 Å². The van der Waals surface area contributed by atoms with Gasteiger partial charge < -0.3 is 4.74 Å². The Bertz CT molecular complexity index is 541. The number of benzene rings is 1. The molecule has 2 rings (SSSR count). The normalized spacial score (nSPS) is 19.6. The Kier molecular flexibility index (Phi) is 5.12. The largest absolute Gasteiger partial charge is 0.381 e. The van der Waals surface area contributed by atoms with Crippen molar-refractivity contribution in [2.45, 2.75) is 24.7 Å². The standard InChI is InChI=1S/C14H20FNO3S/c1-2-7-16(10-12-6-8-19-11-12)20(17,18)14-5-3-4-13(15)9-14/h3-5,9,12H,2,6-8,10-11H2,1H3. The molecule has 0 aliphatic carbocycles. The molecule has 1 aliphatic rings. The SMILES string of the molecule is CCCN(CC1CCOC1)S(=O)(=O)c1cccc(F)c1. The van der Waals surface area contributed by atoms with E-state index in [2.05, 4.69) is 0 Å². The first-order valence-corrected chi connectivity index (χ1v) is 8.31. The van der Waals surface area contributed by atoms with E-state index in [1.807, 2.05) is 6.92 Å². The van der Waals surface area contributed by atoms with Crippen LogP contribution >= 0.6 is 0 Å². The summed E-state index contributed by atoms with van der Waals surface area (Å²) in [6.07, 6.45) is 1.60. The monoisotopic (exact) mass is 301 g/mol. The highest BCUT2D eigenvalue weighted by molar-refractivity contribution is 7.89. The van der Waals surface area contributed by atoms with Gasteiger partial charge in [0.25, 0.3) is 0 Å². The quantitative estimate of drug-likeness (QED) is 0.810. The summed E-state index contributed by atoms with van der Waals surface area (Å²) >= 11 is 0. The minimum absolute atomic E-state index is 0.0184. The molecule has 0 amide bonds. The van der Waals surface area contributed by atoms with E-state index in [-0.39, 0.29) is 10.8 Å². The predicted octanol–water partition coefficient (Wildman–Crippen LogP) is 2.26. The van der Waals surface area contributed by atoms with Crippen molar-refractivity contribution in [3.8, 4) is 0 Å². The third-order valence-electron chi connectivity index (χ3n) is 3.39. The van der Waals surface area contributed by atoms with Crippen LogP contribution < -0.4 is 0 Å². The van der Waals surface area contributed by atoms with Crippen molar-refractivity contribution in [2.75, 3.05) is 26.3 Å². The Morgan fingerprint density at radius 3 is 2.85 bits per heavy atom. The molecular weight excluding hydrogens is 281 g/mol. The lowest BCUT2D eigenvalue weighted by atomic mass is 10.1. The van der Waals surface area contributed by atoms with Gasteiger partial charge in [-0.05, 0) is 37.0 Å². The molecule has 0 radical (unpaired) electrons. The van der Waals surface area contributed by atoms with Gasteiger partial charge in [-0.2, -0.15) is 4.31 Å². The van der Waals surface area contributed by atoms with Gasteiger partial charge in [0.15, 0.2) is 0 Å². The Labute approximate surface area is 119 Å². The molecule has 112 valence electrons. The minimum atomic E-state index is -3.64. The summed E-state index contributed by atoms with van der Waals surface area (Å²) in [5.41, 5.74) is 0. The van der Waals surface area contributed by atoms with E-state index in [0.717, 1.165) is 18.9 Å². The summed E-state index contributed by atoms with van der Waals surface area (Å²) in [5, 5.41) is 0. The van der Waals surface area contributed by atoms with Crippen LogP contribution in [-0.2, 0) is 14.8 Å². The minimum Gasteiger partial charge on any atom is -0.381 e. The lowest BCUT2D eigenvalue weighted by Gasteiger charge is -2.24. The second-order valence-electron chi connectivity index (χ2n) is 5.05. The number of ether oxygens (including phenoxy) is 1. The third kappa shape index (κ3) is 3.56. The topological polar surface area (TPSA) is 46.6 Å². The van der Waals surface area contributed by atoms with E-state index in [1.165, 1.54) is 22.5 Å². The zero-order valence-corrected chi connectivity index (χ0v) is 12.4. The summed E-state index contributed by atoms with van der Waals surface area (Å²) in [6, 6.07) is 5.17. The van der Waals surface area contributed by atoms with Crippen LogP contribution in [0.1, 0.15) is 19.8 Å². The van der Waals surface area contributed by atoms with Gasteiger partial charge in [0.1, 0.15) is 5.82 Å². The fourth-order valence-corrected chi connectivity index (χ4v) is 3.99. The summed E-state index contributed by atoms with van der Waals surface area (Å²) in [5.74, 6) is -0.309. The Hall–Kier alpha value is -0.980. The van der Waals surface area contributed by atoms with Crippen LogP contribution in [0.2, 0.25) is 0 Å². The second-order valence-corrected chi connectivity index (χ2v) is 6.99. The van der Waals surface area contributed by atoms with Gasteiger partial charge in [-0.1, -0.05) is 13.0 Å². The number of hydrogen-bond acceptors (Lipinski definition) is 3. The third-order valence-corrected chi connectivity index (χ3v) is 5.25. The van der Waals surface area contributed by atoms with Gasteiger partial charge in [-0.15, -0.1) is 0 Å². The van der Waals surface area contributed by atoms with Gasteiger partial charge in [-0.25, -0.2) is 12.8 Å². The molecular formula is C14H20FNO3S. The number of nitrogens with zero attached hydrogens (tertiary/aromatic N) is 1. The molecule has 6 heteroatoms. The molecule has 1 heterocycles. The van der Waals surface area contributed by atoms with Crippen molar-refractivity contribution in [3.05, 3.63) is 30.1 Å².